The number of aliphatic carboxylic acids is 1. The summed E-state index contributed by atoms with van der Waals surface area (Å²) in [5.41, 5.74) is -0.217. The number of hydrogen-bond donors (Lipinski definition) is 2. The highest BCUT2D eigenvalue weighted by molar-refractivity contribution is 6.33. The van der Waals surface area contributed by atoms with Gasteiger partial charge in [0.15, 0.2) is 0 Å². The fourth-order valence-electron chi connectivity index (χ4n) is 0.682. The van der Waals surface area contributed by atoms with E-state index in [0.29, 0.717) is 0 Å². The molecular weight excluding hydrogens is 208 g/mol. The van der Waals surface area contributed by atoms with E-state index in [2.05, 4.69) is 0 Å². The van der Waals surface area contributed by atoms with Crippen LogP contribution >= 0.6 is 23.2 Å². The number of halogens is 3. The van der Waals surface area contributed by atoms with E-state index in [9.17, 15) is 9.18 Å². The number of dihydropyridines is 1. The normalized spacial score (nSPS) is 28.6. The zero-order valence-corrected chi connectivity index (χ0v) is 7.16. The zero-order valence-electron chi connectivity index (χ0n) is 5.64. The van der Waals surface area contributed by atoms with E-state index < -0.39 is 11.2 Å². The molecule has 0 fully saturated rings. The zero-order chi connectivity index (χ0) is 9.35. The Labute approximate surface area is 77.5 Å². The van der Waals surface area contributed by atoms with Gasteiger partial charge >= 0.3 is 5.97 Å². The summed E-state index contributed by atoms with van der Waals surface area (Å²) in [4.78, 5) is 10.4. The largest absolute Gasteiger partial charge is 0.478 e. The first kappa shape index (κ1) is 9.35. The van der Waals surface area contributed by atoms with Crippen LogP contribution in [-0.4, -0.2) is 16.3 Å². The van der Waals surface area contributed by atoms with Gasteiger partial charge in [0.05, 0.1) is 5.57 Å². The molecule has 0 bridgehead atoms. The Bertz CT molecular complexity index is 285. The monoisotopic (exact) mass is 211 g/mol. The molecule has 0 aromatic heterocycles. The van der Waals surface area contributed by atoms with Gasteiger partial charge < -0.3 is 10.4 Å². The van der Waals surface area contributed by atoms with E-state index in [-0.39, 0.29) is 10.7 Å². The second-order valence-corrected chi connectivity index (χ2v) is 3.04. The number of carboxylic acid groups (broad SMARTS) is 1. The van der Waals surface area contributed by atoms with Crippen molar-refractivity contribution in [3.05, 3.63) is 22.9 Å². The second-order valence-electron chi connectivity index (χ2n) is 2.11. The number of rotatable bonds is 1. The van der Waals surface area contributed by atoms with Crippen LogP contribution in [0.5, 0.6) is 0 Å². The van der Waals surface area contributed by atoms with E-state index in [0.717, 1.165) is 12.2 Å². The Morgan fingerprint density at radius 2 is 2.33 bits per heavy atom. The summed E-state index contributed by atoms with van der Waals surface area (Å²) in [5, 5.41) is 7.83. The van der Waals surface area contributed by atoms with E-state index in [1.165, 1.54) is 0 Å². The molecule has 66 valence electrons. The summed E-state index contributed by atoms with van der Waals surface area (Å²) in [5.74, 6) is -1.24. The Morgan fingerprint density at radius 1 is 1.75 bits per heavy atom. The van der Waals surface area contributed by atoms with Gasteiger partial charge in [-0.25, -0.2) is 4.79 Å². The molecule has 0 radical (unpaired) electrons. The van der Waals surface area contributed by atoms with Crippen LogP contribution < -0.4 is 5.32 Å². The predicted molar refractivity (Wildman–Crippen MR) is 42.5 cm³/mol. The Hall–Kier alpha value is -0.740. The number of nitrogens with one attached hydrogen (secondary N) is 1. The molecule has 1 unspecified atom stereocenters. The van der Waals surface area contributed by atoms with Gasteiger partial charge in [-0.3, -0.25) is 0 Å². The molecule has 0 saturated carbocycles. The smallest absolute Gasteiger partial charge is 0.338 e. The Balaban J connectivity index is 2.95. The molecule has 2 N–H and O–H groups in total. The number of carboxylic acids is 1. The van der Waals surface area contributed by atoms with Gasteiger partial charge in [-0.15, -0.1) is 0 Å². The van der Waals surface area contributed by atoms with Gasteiger partial charge in [0.1, 0.15) is 5.16 Å². The third-order valence-electron chi connectivity index (χ3n) is 1.20. The lowest BCUT2D eigenvalue weighted by molar-refractivity contribution is -0.132. The van der Waals surface area contributed by atoms with Crippen LogP contribution in [0.1, 0.15) is 0 Å². The SMILES string of the molecule is O=C(O)C1=C(Cl)NC(F)(Cl)C=C1. The van der Waals surface area contributed by atoms with Crippen molar-refractivity contribution in [3.8, 4) is 0 Å². The fourth-order valence-corrected chi connectivity index (χ4v) is 1.17. The summed E-state index contributed by atoms with van der Waals surface area (Å²) >= 11 is 10.5. The molecule has 1 rings (SSSR count). The van der Waals surface area contributed by atoms with Crippen molar-refractivity contribution >= 4 is 29.2 Å². The van der Waals surface area contributed by atoms with Crippen molar-refractivity contribution in [1.29, 1.82) is 0 Å². The first-order valence-corrected chi connectivity index (χ1v) is 3.66. The predicted octanol–water partition coefficient (Wildman–Crippen LogP) is 1.54. The molecule has 12 heavy (non-hydrogen) atoms. The summed E-state index contributed by atoms with van der Waals surface area (Å²) < 4.78 is 12.8. The maximum Gasteiger partial charge on any atom is 0.338 e. The molecule has 0 aromatic carbocycles. The summed E-state index contributed by atoms with van der Waals surface area (Å²) in [6, 6.07) is 0. The molecule has 6 heteroatoms. The minimum atomic E-state index is -2.30. The van der Waals surface area contributed by atoms with E-state index >= 15 is 0 Å². The van der Waals surface area contributed by atoms with Crippen LogP contribution in [0.3, 0.4) is 0 Å². The topological polar surface area (TPSA) is 49.3 Å². The van der Waals surface area contributed by atoms with E-state index in [1.807, 2.05) is 5.32 Å². The lowest BCUT2D eigenvalue weighted by Gasteiger charge is -2.20. The van der Waals surface area contributed by atoms with Gasteiger partial charge in [-0.05, 0) is 12.2 Å². The van der Waals surface area contributed by atoms with Crippen LogP contribution in [0.4, 0.5) is 4.39 Å². The van der Waals surface area contributed by atoms with Gasteiger partial charge in [-0.1, -0.05) is 23.2 Å². The van der Waals surface area contributed by atoms with E-state index in [1.54, 1.807) is 0 Å². The van der Waals surface area contributed by atoms with Crippen LogP contribution in [0.25, 0.3) is 0 Å². The summed E-state index contributed by atoms with van der Waals surface area (Å²) in [6.07, 6.45) is 1.87. The van der Waals surface area contributed by atoms with Gasteiger partial charge in [-0.2, -0.15) is 4.39 Å². The molecule has 1 aliphatic heterocycles. The van der Waals surface area contributed by atoms with Crippen molar-refractivity contribution in [3.63, 3.8) is 0 Å². The summed E-state index contributed by atoms with van der Waals surface area (Å²) in [7, 11) is 0. The number of alkyl halides is 2. The van der Waals surface area contributed by atoms with Crippen LogP contribution in [0, 0.1) is 0 Å². The van der Waals surface area contributed by atoms with Gasteiger partial charge in [0, 0.05) is 0 Å². The Kier molecular flexibility index (Phi) is 2.30. The van der Waals surface area contributed by atoms with Crippen molar-refractivity contribution in [2.45, 2.75) is 5.25 Å². The molecule has 0 saturated heterocycles. The molecule has 0 spiro atoms. The molecule has 1 aliphatic rings. The third kappa shape index (κ3) is 1.89. The molecular formula is C6H4Cl2FNO2. The second kappa shape index (κ2) is 2.95. The molecule has 0 aliphatic carbocycles. The lowest BCUT2D eigenvalue weighted by Crippen LogP contribution is -2.34. The highest BCUT2D eigenvalue weighted by Crippen LogP contribution is 2.25. The summed E-state index contributed by atoms with van der Waals surface area (Å²) in [6.45, 7) is 0. The minimum absolute atomic E-state index is 0.217. The quantitative estimate of drug-likeness (QED) is 0.512. The molecule has 0 amide bonds. The highest BCUT2D eigenvalue weighted by atomic mass is 35.5. The fraction of sp³-hybridized carbons (Fsp3) is 0.167. The van der Waals surface area contributed by atoms with Crippen LogP contribution in [0.2, 0.25) is 0 Å². The third-order valence-corrected chi connectivity index (χ3v) is 1.72. The molecule has 1 atom stereocenters. The minimum Gasteiger partial charge on any atom is -0.478 e. The Morgan fingerprint density at radius 3 is 2.75 bits per heavy atom. The first-order valence-electron chi connectivity index (χ1n) is 2.91. The first-order chi connectivity index (χ1) is 5.42. The van der Waals surface area contributed by atoms with Crippen molar-refractivity contribution in [2.75, 3.05) is 0 Å². The molecule has 3 nitrogen and oxygen atoms in total. The van der Waals surface area contributed by atoms with Crippen LogP contribution in [-0.2, 0) is 4.79 Å². The average Bonchev–Trinajstić information content (AvgIpc) is 1.83. The van der Waals surface area contributed by atoms with E-state index in [4.69, 9.17) is 28.3 Å². The number of hydrogen-bond acceptors (Lipinski definition) is 2. The molecule has 1 heterocycles. The van der Waals surface area contributed by atoms with Crippen LogP contribution in [0.15, 0.2) is 22.9 Å². The lowest BCUT2D eigenvalue weighted by atomic mass is 10.2. The van der Waals surface area contributed by atoms with Gasteiger partial charge in [0.25, 0.3) is 5.25 Å². The van der Waals surface area contributed by atoms with Gasteiger partial charge in [0.2, 0.25) is 0 Å². The standard InChI is InChI=1S/C6H4Cl2FNO2/c7-4-3(5(11)12)1-2-6(8,9)10-4/h1-2,10H,(H,11,12). The maximum atomic E-state index is 12.8. The highest BCUT2D eigenvalue weighted by Gasteiger charge is 2.29. The van der Waals surface area contributed by atoms with Crippen molar-refractivity contribution in [1.82, 2.24) is 5.32 Å². The number of carbonyl (C=O) groups is 1. The maximum absolute atomic E-state index is 12.8. The molecule has 0 aromatic rings. The van der Waals surface area contributed by atoms with Crippen molar-refractivity contribution in [2.24, 2.45) is 0 Å². The van der Waals surface area contributed by atoms with Crippen molar-refractivity contribution < 1.29 is 14.3 Å². The average molecular weight is 212 g/mol.